The normalized spacial score (nSPS) is 14.2. The van der Waals surface area contributed by atoms with Crippen LogP contribution in [0.2, 0.25) is 0 Å². The molecule has 6 heteroatoms. The topological polar surface area (TPSA) is 55.4 Å². The third-order valence-electron chi connectivity index (χ3n) is 2.01. The molecular weight excluding hydrogens is 262 g/mol. The zero-order chi connectivity index (χ0) is 13.3. The minimum absolute atomic E-state index is 0.0219. The zero-order valence-electron chi connectivity index (χ0n) is 10.9. The Kier molecular flexibility index (Phi) is 9.22. The van der Waals surface area contributed by atoms with E-state index in [1.807, 2.05) is 6.92 Å². The molecule has 1 unspecified atom stereocenters. The van der Waals surface area contributed by atoms with E-state index in [1.165, 1.54) is 0 Å². The Hall–Kier alpha value is 0.160. The van der Waals surface area contributed by atoms with Crippen LogP contribution in [-0.4, -0.2) is 39.8 Å². The van der Waals surface area contributed by atoms with Crippen LogP contribution in [0.25, 0.3) is 0 Å². The maximum absolute atomic E-state index is 11.5. The average molecular weight is 286 g/mol. The lowest BCUT2D eigenvalue weighted by Gasteiger charge is -2.10. The summed E-state index contributed by atoms with van der Waals surface area (Å²) >= 11 is 5.58. The van der Waals surface area contributed by atoms with Gasteiger partial charge in [-0.2, -0.15) is 0 Å². The van der Waals surface area contributed by atoms with Crippen LogP contribution in [0.3, 0.4) is 0 Å². The number of ether oxygens (including phenoxy) is 1. The van der Waals surface area contributed by atoms with Crippen molar-refractivity contribution in [2.24, 2.45) is 11.8 Å². The summed E-state index contributed by atoms with van der Waals surface area (Å²) in [6.45, 7) is 7.71. The summed E-state index contributed by atoms with van der Waals surface area (Å²) in [5.41, 5.74) is 0. The molecule has 0 rings (SSSR count). The smallest absolute Gasteiger partial charge is 0.211 e. The maximum Gasteiger partial charge on any atom is 0.211 e. The molecule has 0 aliphatic heterocycles. The van der Waals surface area contributed by atoms with Gasteiger partial charge in [-0.25, -0.2) is 13.1 Å². The maximum atomic E-state index is 11.5. The van der Waals surface area contributed by atoms with Crippen molar-refractivity contribution in [2.45, 2.75) is 27.2 Å². The van der Waals surface area contributed by atoms with Gasteiger partial charge in [0.05, 0.1) is 5.75 Å². The molecule has 0 fully saturated rings. The van der Waals surface area contributed by atoms with Crippen LogP contribution in [0.1, 0.15) is 27.2 Å². The van der Waals surface area contributed by atoms with E-state index in [4.69, 9.17) is 16.3 Å². The van der Waals surface area contributed by atoms with Crippen LogP contribution in [0, 0.1) is 11.8 Å². The van der Waals surface area contributed by atoms with Gasteiger partial charge in [0.2, 0.25) is 10.0 Å². The van der Waals surface area contributed by atoms with Gasteiger partial charge in [-0.3, -0.25) is 0 Å². The Morgan fingerprint density at radius 3 is 2.47 bits per heavy atom. The number of sulfonamides is 1. The predicted molar refractivity (Wildman–Crippen MR) is 71.9 cm³/mol. The molecule has 1 atom stereocenters. The standard InChI is InChI=1S/C11H24ClNO3S/c1-10(2)8-16-6-4-5-13-17(14,15)9-11(3)7-12/h10-11,13H,4-9H2,1-3H3. The molecule has 0 spiro atoms. The van der Waals surface area contributed by atoms with Crippen molar-refractivity contribution in [3.8, 4) is 0 Å². The first-order valence-corrected chi connectivity index (χ1v) is 8.17. The summed E-state index contributed by atoms with van der Waals surface area (Å²) in [7, 11) is -3.19. The lowest BCUT2D eigenvalue weighted by atomic mass is 10.2. The van der Waals surface area contributed by atoms with Crippen LogP contribution in [0.5, 0.6) is 0 Å². The average Bonchev–Trinajstić information content (AvgIpc) is 2.22. The summed E-state index contributed by atoms with van der Waals surface area (Å²) in [5.74, 6) is 0.935. The number of alkyl halides is 1. The van der Waals surface area contributed by atoms with E-state index < -0.39 is 10.0 Å². The number of rotatable bonds is 10. The molecule has 0 aromatic heterocycles. The highest BCUT2D eigenvalue weighted by Gasteiger charge is 2.13. The van der Waals surface area contributed by atoms with Crippen molar-refractivity contribution in [1.29, 1.82) is 0 Å². The molecule has 0 heterocycles. The fourth-order valence-electron chi connectivity index (χ4n) is 1.20. The first-order valence-electron chi connectivity index (χ1n) is 5.98. The largest absolute Gasteiger partial charge is 0.381 e. The summed E-state index contributed by atoms with van der Waals surface area (Å²) in [6.07, 6.45) is 0.696. The van der Waals surface area contributed by atoms with Gasteiger partial charge >= 0.3 is 0 Å². The van der Waals surface area contributed by atoms with Gasteiger partial charge < -0.3 is 4.74 Å². The minimum Gasteiger partial charge on any atom is -0.381 e. The van der Waals surface area contributed by atoms with E-state index >= 15 is 0 Å². The van der Waals surface area contributed by atoms with E-state index in [0.29, 0.717) is 31.4 Å². The molecule has 0 amide bonds. The van der Waals surface area contributed by atoms with Crippen LogP contribution in [0.15, 0.2) is 0 Å². The van der Waals surface area contributed by atoms with E-state index in [0.717, 1.165) is 6.61 Å². The number of hydrogen-bond donors (Lipinski definition) is 1. The van der Waals surface area contributed by atoms with Crippen molar-refractivity contribution >= 4 is 21.6 Å². The van der Waals surface area contributed by atoms with Gasteiger partial charge in [0.15, 0.2) is 0 Å². The molecule has 17 heavy (non-hydrogen) atoms. The Morgan fingerprint density at radius 2 is 1.94 bits per heavy atom. The predicted octanol–water partition coefficient (Wildman–Crippen LogP) is 1.84. The Labute approximate surface area is 110 Å². The quantitative estimate of drug-likeness (QED) is 0.492. The van der Waals surface area contributed by atoms with Crippen LogP contribution in [0.4, 0.5) is 0 Å². The van der Waals surface area contributed by atoms with Gasteiger partial charge in [0.25, 0.3) is 0 Å². The number of halogens is 1. The van der Waals surface area contributed by atoms with Crippen molar-refractivity contribution in [3.63, 3.8) is 0 Å². The molecule has 0 saturated heterocycles. The molecule has 104 valence electrons. The van der Waals surface area contributed by atoms with Crippen LogP contribution < -0.4 is 4.72 Å². The SMILES string of the molecule is CC(C)COCCCNS(=O)(=O)CC(C)CCl. The molecule has 0 aromatic carbocycles. The number of hydrogen-bond acceptors (Lipinski definition) is 3. The van der Waals surface area contributed by atoms with Crippen molar-refractivity contribution < 1.29 is 13.2 Å². The van der Waals surface area contributed by atoms with E-state index in [9.17, 15) is 8.42 Å². The molecule has 0 radical (unpaired) electrons. The molecule has 0 saturated carbocycles. The fraction of sp³-hybridized carbons (Fsp3) is 1.00. The van der Waals surface area contributed by atoms with Crippen molar-refractivity contribution in [3.05, 3.63) is 0 Å². The summed E-state index contributed by atoms with van der Waals surface area (Å²) < 4.78 is 31.0. The van der Waals surface area contributed by atoms with Gasteiger partial charge in [-0.15, -0.1) is 11.6 Å². The molecule has 0 bridgehead atoms. The van der Waals surface area contributed by atoms with E-state index in [1.54, 1.807) is 0 Å². The monoisotopic (exact) mass is 285 g/mol. The zero-order valence-corrected chi connectivity index (χ0v) is 12.5. The lowest BCUT2D eigenvalue weighted by molar-refractivity contribution is 0.108. The second-order valence-corrected chi connectivity index (χ2v) is 6.92. The van der Waals surface area contributed by atoms with Crippen molar-refractivity contribution in [2.75, 3.05) is 31.4 Å². The highest BCUT2D eigenvalue weighted by Crippen LogP contribution is 2.02. The third kappa shape index (κ3) is 11.0. The fourth-order valence-corrected chi connectivity index (χ4v) is 2.88. The molecule has 0 aromatic rings. The summed E-state index contributed by atoms with van der Waals surface area (Å²) in [6, 6.07) is 0. The summed E-state index contributed by atoms with van der Waals surface area (Å²) in [5, 5.41) is 0. The van der Waals surface area contributed by atoms with Gasteiger partial charge in [-0.05, 0) is 18.3 Å². The first-order chi connectivity index (χ1) is 7.87. The second-order valence-electron chi connectivity index (χ2n) is 4.76. The van der Waals surface area contributed by atoms with Gasteiger partial charge in [-0.1, -0.05) is 20.8 Å². The van der Waals surface area contributed by atoms with Gasteiger partial charge in [0.1, 0.15) is 0 Å². The Morgan fingerprint density at radius 1 is 1.29 bits per heavy atom. The Balaban J connectivity index is 3.59. The third-order valence-corrected chi connectivity index (χ3v) is 4.18. The van der Waals surface area contributed by atoms with E-state index in [-0.39, 0.29) is 11.7 Å². The highest BCUT2D eigenvalue weighted by atomic mass is 35.5. The van der Waals surface area contributed by atoms with Gasteiger partial charge in [0, 0.05) is 25.6 Å². The van der Waals surface area contributed by atoms with Crippen LogP contribution >= 0.6 is 11.6 Å². The van der Waals surface area contributed by atoms with Crippen LogP contribution in [-0.2, 0) is 14.8 Å². The summed E-state index contributed by atoms with van der Waals surface area (Å²) in [4.78, 5) is 0. The second kappa shape index (κ2) is 9.14. The molecule has 1 N–H and O–H groups in total. The molecule has 0 aliphatic rings. The molecule has 4 nitrogen and oxygen atoms in total. The van der Waals surface area contributed by atoms with E-state index in [2.05, 4.69) is 18.6 Å². The number of nitrogens with one attached hydrogen (secondary N) is 1. The molecular formula is C11H24ClNO3S. The molecule has 0 aliphatic carbocycles. The Bertz CT molecular complexity index is 280. The first kappa shape index (κ1) is 17.2. The van der Waals surface area contributed by atoms with Crippen molar-refractivity contribution in [1.82, 2.24) is 4.72 Å². The minimum atomic E-state index is -3.19. The highest BCUT2D eigenvalue weighted by molar-refractivity contribution is 7.89. The lowest BCUT2D eigenvalue weighted by Crippen LogP contribution is -2.31.